The second-order valence-electron chi connectivity index (χ2n) is 10.0. The molecule has 2 unspecified atom stereocenters. The van der Waals surface area contributed by atoms with Crippen LogP contribution in [0.3, 0.4) is 0 Å². The molecule has 0 heteroatoms. The lowest BCUT2D eigenvalue weighted by Crippen LogP contribution is -1.97. The van der Waals surface area contributed by atoms with Crippen LogP contribution in [0.25, 0.3) is 43.8 Å². The first kappa shape index (κ1) is 18.5. The van der Waals surface area contributed by atoms with Crippen LogP contribution in [0.5, 0.6) is 0 Å². The highest BCUT2D eigenvalue weighted by Crippen LogP contribution is 2.61. The van der Waals surface area contributed by atoms with Gasteiger partial charge in [-0.05, 0) is 72.7 Å². The lowest BCUT2D eigenvalue weighted by Gasteiger charge is -2.19. The van der Waals surface area contributed by atoms with Crippen molar-refractivity contribution in [3.05, 3.63) is 132 Å². The normalized spacial score (nSPS) is 23.6. The van der Waals surface area contributed by atoms with Gasteiger partial charge in [-0.3, -0.25) is 0 Å². The van der Waals surface area contributed by atoms with Gasteiger partial charge in [-0.15, -0.1) is 0 Å². The SMILES string of the molecule is C1=CC2C3C=CC1c1ccc(-c4c5ccccc5c(-c5ccccc5)c5ccccc45)cc1C23. The topological polar surface area (TPSA) is 0 Å². The molecular weight excluding hydrogens is 408 g/mol. The molecule has 5 aromatic carbocycles. The van der Waals surface area contributed by atoms with Crippen molar-refractivity contribution in [2.45, 2.75) is 11.8 Å². The first-order valence-corrected chi connectivity index (χ1v) is 12.4. The zero-order valence-electron chi connectivity index (χ0n) is 18.9. The van der Waals surface area contributed by atoms with Crippen molar-refractivity contribution in [2.24, 2.45) is 11.8 Å². The Morgan fingerprint density at radius 1 is 0.412 bits per heavy atom. The summed E-state index contributed by atoms with van der Waals surface area (Å²) < 4.78 is 0. The molecular formula is C34H24. The predicted octanol–water partition coefficient (Wildman–Crippen LogP) is 8.88. The molecule has 0 radical (unpaired) electrons. The highest BCUT2D eigenvalue weighted by molar-refractivity contribution is 6.21. The fraction of sp³-hybridized carbons (Fsp3) is 0.118. The van der Waals surface area contributed by atoms with E-state index in [-0.39, 0.29) is 0 Å². The second-order valence-corrected chi connectivity index (χ2v) is 10.0. The monoisotopic (exact) mass is 432 g/mol. The lowest BCUT2D eigenvalue weighted by atomic mass is 9.84. The third-order valence-corrected chi connectivity index (χ3v) is 8.30. The van der Waals surface area contributed by atoms with E-state index in [4.69, 9.17) is 0 Å². The first-order chi connectivity index (χ1) is 16.9. The number of hydrogen-bond acceptors (Lipinski definition) is 0. The molecule has 0 spiro atoms. The standard InChI is InChI=1S/C34H24/c1-2-8-22(9-3-1)32-25-10-4-6-12-27(25)33(28-13-7-5-11-26(28)32)23-16-17-24-21-14-18-29-30(19-15-21)34(29)31(24)20-23/h1-21,29-30,34H. The van der Waals surface area contributed by atoms with Crippen molar-refractivity contribution in [2.75, 3.05) is 0 Å². The molecule has 0 aromatic heterocycles. The van der Waals surface area contributed by atoms with Crippen LogP contribution < -0.4 is 0 Å². The summed E-state index contributed by atoms with van der Waals surface area (Å²) in [5.74, 6) is 2.45. The smallest absolute Gasteiger partial charge is 0.0201 e. The van der Waals surface area contributed by atoms with Gasteiger partial charge in [0.15, 0.2) is 0 Å². The summed E-state index contributed by atoms with van der Waals surface area (Å²) in [6.45, 7) is 0. The van der Waals surface area contributed by atoms with Crippen LogP contribution >= 0.6 is 0 Å². The second kappa shape index (κ2) is 6.81. The summed E-state index contributed by atoms with van der Waals surface area (Å²) in [5, 5.41) is 5.32. The summed E-state index contributed by atoms with van der Waals surface area (Å²) in [5.41, 5.74) is 8.38. The van der Waals surface area contributed by atoms with Crippen LogP contribution in [0, 0.1) is 11.8 Å². The number of hydrogen-bond donors (Lipinski definition) is 0. The van der Waals surface area contributed by atoms with Crippen molar-refractivity contribution in [3.8, 4) is 22.3 Å². The number of fused-ring (bicyclic) bond motifs is 2. The van der Waals surface area contributed by atoms with E-state index in [0.29, 0.717) is 23.7 Å². The maximum atomic E-state index is 2.52. The van der Waals surface area contributed by atoms with Crippen LogP contribution in [0.1, 0.15) is 23.0 Å². The molecule has 4 aliphatic carbocycles. The molecule has 5 aromatic rings. The summed E-state index contributed by atoms with van der Waals surface area (Å²) >= 11 is 0. The van der Waals surface area contributed by atoms with Gasteiger partial charge in [-0.2, -0.15) is 0 Å². The van der Waals surface area contributed by atoms with Gasteiger partial charge in [-0.25, -0.2) is 0 Å². The van der Waals surface area contributed by atoms with Crippen LogP contribution in [0.4, 0.5) is 0 Å². The minimum absolute atomic E-state index is 0.429. The van der Waals surface area contributed by atoms with Gasteiger partial charge in [0.25, 0.3) is 0 Å². The van der Waals surface area contributed by atoms with Crippen molar-refractivity contribution in [1.29, 1.82) is 0 Å². The molecule has 0 saturated heterocycles. The molecule has 0 N–H and O–H groups in total. The van der Waals surface area contributed by atoms with E-state index in [9.17, 15) is 0 Å². The van der Waals surface area contributed by atoms with Crippen LogP contribution in [0.15, 0.2) is 121 Å². The Hall–Kier alpha value is -3.90. The lowest BCUT2D eigenvalue weighted by molar-refractivity contribution is 1.00. The highest BCUT2D eigenvalue weighted by atomic mass is 14.5. The Bertz CT molecular complexity index is 1590. The van der Waals surface area contributed by atoms with Gasteiger partial charge >= 0.3 is 0 Å². The maximum absolute atomic E-state index is 2.52. The zero-order chi connectivity index (χ0) is 22.2. The molecule has 0 aliphatic heterocycles. The van der Waals surface area contributed by atoms with E-state index in [1.807, 2.05) is 0 Å². The summed E-state index contributed by atoms with van der Waals surface area (Å²) in [7, 11) is 0. The van der Waals surface area contributed by atoms with Crippen molar-refractivity contribution in [1.82, 2.24) is 0 Å². The Labute approximate surface area is 199 Å². The largest absolute Gasteiger partial charge is 0.0833 e. The molecule has 0 heterocycles. The summed E-state index contributed by atoms with van der Waals surface area (Å²) in [4.78, 5) is 0. The Kier molecular flexibility index (Phi) is 3.71. The van der Waals surface area contributed by atoms with Gasteiger partial charge < -0.3 is 0 Å². The molecule has 4 aliphatic rings. The van der Waals surface area contributed by atoms with Gasteiger partial charge in [0, 0.05) is 5.92 Å². The summed E-state index contributed by atoms with van der Waals surface area (Å²) in [6.07, 6.45) is 9.79. The third-order valence-electron chi connectivity index (χ3n) is 8.30. The van der Waals surface area contributed by atoms with Crippen LogP contribution in [-0.4, -0.2) is 0 Å². The molecule has 1 saturated carbocycles. The highest BCUT2D eigenvalue weighted by Gasteiger charge is 2.51. The molecule has 0 amide bonds. The van der Waals surface area contributed by atoms with Gasteiger partial charge in [0.05, 0.1) is 0 Å². The van der Waals surface area contributed by atoms with Crippen LogP contribution in [-0.2, 0) is 0 Å². The van der Waals surface area contributed by atoms with Gasteiger partial charge in [0.2, 0.25) is 0 Å². The fourth-order valence-electron chi connectivity index (χ4n) is 6.72. The Balaban J connectivity index is 1.45. The van der Waals surface area contributed by atoms with Crippen molar-refractivity contribution in [3.63, 3.8) is 0 Å². The number of allylic oxidation sites excluding steroid dienone is 4. The van der Waals surface area contributed by atoms with E-state index >= 15 is 0 Å². The van der Waals surface area contributed by atoms with E-state index in [2.05, 4.69) is 121 Å². The molecule has 0 nitrogen and oxygen atoms in total. The molecule has 160 valence electrons. The minimum atomic E-state index is 0.429. The van der Waals surface area contributed by atoms with E-state index in [1.54, 1.807) is 5.56 Å². The maximum Gasteiger partial charge on any atom is 0.0201 e. The predicted molar refractivity (Wildman–Crippen MR) is 143 cm³/mol. The van der Waals surface area contributed by atoms with Gasteiger partial charge in [-0.1, -0.05) is 121 Å². The average molecular weight is 433 g/mol. The first-order valence-electron chi connectivity index (χ1n) is 12.4. The Morgan fingerprint density at radius 3 is 1.53 bits per heavy atom. The zero-order valence-corrected chi connectivity index (χ0v) is 18.9. The molecule has 9 rings (SSSR count). The number of rotatable bonds is 2. The van der Waals surface area contributed by atoms with Crippen molar-refractivity contribution < 1.29 is 0 Å². The minimum Gasteiger partial charge on any atom is -0.0833 e. The molecule has 1 fully saturated rings. The quantitative estimate of drug-likeness (QED) is 0.193. The molecule has 2 atom stereocenters. The average Bonchev–Trinajstić information content (AvgIpc) is 3.66. The number of benzene rings is 5. The Morgan fingerprint density at radius 2 is 0.941 bits per heavy atom. The van der Waals surface area contributed by atoms with Crippen molar-refractivity contribution >= 4 is 21.5 Å². The molecule has 34 heavy (non-hydrogen) atoms. The van der Waals surface area contributed by atoms with Crippen LogP contribution in [0.2, 0.25) is 0 Å². The van der Waals surface area contributed by atoms with E-state index in [0.717, 1.165) is 0 Å². The van der Waals surface area contributed by atoms with E-state index < -0.39 is 0 Å². The third kappa shape index (κ3) is 2.49. The fourth-order valence-corrected chi connectivity index (χ4v) is 6.72. The van der Waals surface area contributed by atoms with Gasteiger partial charge in [0.1, 0.15) is 0 Å². The van der Waals surface area contributed by atoms with E-state index in [1.165, 1.54) is 49.4 Å². The summed E-state index contributed by atoms with van der Waals surface area (Å²) in [6, 6.07) is 36.1. The molecule has 4 bridgehead atoms.